The third kappa shape index (κ3) is 8.20. The monoisotopic (exact) mass is 335 g/mol. The lowest BCUT2D eigenvalue weighted by Gasteiger charge is -2.16. The maximum atomic E-state index is 5.64. The number of hydrogen-bond acceptors (Lipinski definition) is 3. The SMILES string of the molecule is CCNC(=NCc1cccc(OCCOC)c1)NCC(CC)CC. The molecule has 0 radical (unpaired) electrons. The zero-order chi connectivity index (χ0) is 17.6. The van der Waals surface area contributed by atoms with Crippen LogP contribution in [-0.4, -0.2) is 39.4 Å². The molecule has 0 atom stereocenters. The number of ether oxygens (including phenoxy) is 2. The molecule has 0 amide bonds. The Labute approximate surface area is 146 Å². The third-order valence-corrected chi connectivity index (χ3v) is 3.93. The van der Waals surface area contributed by atoms with Gasteiger partial charge in [-0.15, -0.1) is 0 Å². The van der Waals surface area contributed by atoms with E-state index in [1.807, 2.05) is 18.2 Å². The maximum Gasteiger partial charge on any atom is 0.191 e. The van der Waals surface area contributed by atoms with Crippen LogP contribution in [0.3, 0.4) is 0 Å². The van der Waals surface area contributed by atoms with E-state index in [0.717, 1.165) is 30.4 Å². The van der Waals surface area contributed by atoms with Crippen LogP contribution < -0.4 is 15.4 Å². The van der Waals surface area contributed by atoms with Crippen molar-refractivity contribution in [3.8, 4) is 5.75 Å². The average Bonchev–Trinajstić information content (AvgIpc) is 2.61. The van der Waals surface area contributed by atoms with Gasteiger partial charge in [0.15, 0.2) is 5.96 Å². The summed E-state index contributed by atoms with van der Waals surface area (Å²) < 4.78 is 10.6. The van der Waals surface area contributed by atoms with Gasteiger partial charge in [-0.25, -0.2) is 4.99 Å². The molecule has 0 spiro atoms. The minimum Gasteiger partial charge on any atom is -0.491 e. The Kier molecular flexibility index (Phi) is 10.7. The predicted octanol–water partition coefficient (Wildman–Crippen LogP) is 3.20. The summed E-state index contributed by atoms with van der Waals surface area (Å²) in [6.45, 7) is 10.1. The molecule has 0 aromatic heterocycles. The van der Waals surface area contributed by atoms with Crippen LogP contribution in [0.5, 0.6) is 5.75 Å². The molecular formula is C19H33N3O2. The first-order valence-electron chi connectivity index (χ1n) is 8.96. The van der Waals surface area contributed by atoms with Crippen LogP contribution in [0.1, 0.15) is 39.2 Å². The van der Waals surface area contributed by atoms with E-state index in [1.165, 1.54) is 12.8 Å². The van der Waals surface area contributed by atoms with E-state index < -0.39 is 0 Å². The van der Waals surface area contributed by atoms with Crippen LogP contribution in [0.4, 0.5) is 0 Å². The van der Waals surface area contributed by atoms with Gasteiger partial charge in [0.25, 0.3) is 0 Å². The second kappa shape index (κ2) is 12.6. The average molecular weight is 335 g/mol. The molecule has 5 heteroatoms. The maximum absolute atomic E-state index is 5.64. The minimum absolute atomic E-state index is 0.558. The third-order valence-electron chi connectivity index (χ3n) is 3.93. The lowest BCUT2D eigenvalue weighted by Crippen LogP contribution is -2.39. The highest BCUT2D eigenvalue weighted by Crippen LogP contribution is 2.14. The van der Waals surface area contributed by atoms with Crippen LogP contribution in [0.25, 0.3) is 0 Å². The number of guanidine groups is 1. The van der Waals surface area contributed by atoms with Crippen LogP contribution in [-0.2, 0) is 11.3 Å². The first-order valence-corrected chi connectivity index (χ1v) is 8.96. The Hall–Kier alpha value is -1.75. The van der Waals surface area contributed by atoms with Crippen LogP contribution in [0.15, 0.2) is 29.3 Å². The van der Waals surface area contributed by atoms with Gasteiger partial charge in [0.2, 0.25) is 0 Å². The summed E-state index contributed by atoms with van der Waals surface area (Å²) in [6.07, 6.45) is 2.37. The predicted molar refractivity (Wildman–Crippen MR) is 101 cm³/mol. The van der Waals surface area contributed by atoms with E-state index in [9.17, 15) is 0 Å². The van der Waals surface area contributed by atoms with Crippen LogP contribution in [0, 0.1) is 5.92 Å². The summed E-state index contributed by atoms with van der Waals surface area (Å²) in [6, 6.07) is 8.05. The highest BCUT2D eigenvalue weighted by Gasteiger charge is 2.05. The molecule has 0 saturated heterocycles. The number of aliphatic imine (C=N–C) groups is 1. The van der Waals surface area contributed by atoms with E-state index >= 15 is 0 Å². The van der Waals surface area contributed by atoms with Gasteiger partial charge in [-0.3, -0.25) is 0 Å². The lowest BCUT2D eigenvalue weighted by molar-refractivity contribution is 0.146. The molecule has 0 bridgehead atoms. The fourth-order valence-electron chi connectivity index (χ4n) is 2.31. The van der Waals surface area contributed by atoms with Gasteiger partial charge in [0.05, 0.1) is 13.2 Å². The minimum atomic E-state index is 0.558. The van der Waals surface area contributed by atoms with Gasteiger partial charge in [0, 0.05) is 20.2 Å². The first-order chi connectivity index (χ1) is 11.7. The normalized spacial score (nSPS) is 11.6. The van der Waals surface area contributed by atoms with E-state index in [1.54, 1.807) is 7.11 Å². The molecule has 0 aliphatic carbocycles. The standard InChI is InChI=1S/C19H33N3O2/c1-5-16(6-2)14-21-19(20-7-3)22-15-17-9-8-10-18(13-17)24-12-11-23-4/h8-10,13,16H,5-7,11-12,14-15H2,1-4H3,(H2,20,21,22). The summed E-state index contributed by atoms with van der Waals surface area (Å²) in [5, 5.41) is 6.74. The number of hydrogen-bond donors (Lipinski definition) is 2. The second-order valence-electron chi connectivity index (χ2n) is 5.75. The fraction of sp³-hybridized carbons (Fsp3) is 0.632. The number of rotatable bonds is 11. The van der Waals surface area contributed by atoms with Crippen molar-refractivity contribution < 1.29 is 9.47 Å². The summed E-state index contributed by atoms with van der Waals surface area (Å²) >= 11 is 0. The molecule has 0 saturated carbocycles. The molecule has 24 heavy (non-hydrogen) atoms. The van der Waals surface area contributed by atoms with Crippen LogP contribution >= 0.6 is 0 Å². The Morgan fingerprint density at radius 1 is 1.12 bits per heavy atom. The highest BCUT2D eigenvalue weighted by molar-refractivity contribution is 5.79. The van der Waals surface area contributed by atoms with E-state index in [0.29, 0.717) is 25.7 Å². The van der Waals surface area contributed by atoms with Crippen molar-refractivity contribution in [3.05, 3.63) is 29.8 Å². The van der Waals surface area contributed by atoms with Gasteiger partial charge in [-0.1, -0.05) is 38.8 Å². The lowest BCUT2D eigenvalue weighted by atomic mass is 10.0. The van der Waals surface area contributed by atoms with Crippen molar-refractivity contribution in [3.63, 3.8) is 0 Å². The van der Waals surface area contributed by atoms with Crippen molar-refractivity contribution in [1.29, 1.82) is 0 Å². The van der Waals surface area contributed by atoms with Gasteiger partial charge >= 0.3 is 0 Å². The van der Waals surface area contributed by atoms with Gasteiger partial charge < -0.3 is 20.1 Å². The van der Waals surface area contributed by atoms with Gasteiger partial charge in [-0.2, -0.15) is 0 Å². The van der Waals surface area contributed by atoms with E-state index in [2.05, 4.69) is 42.5 Å². The molecule has 0 unspecified atom stereocenters. The number of nitrogens with one attached hydrogen (secondary N) is 2. The molecule has 0 aliphatic rings. The summed E-state index contributed by atoms with van der Waals surface area (Å²) in [5.41, 5.74) is 1.13. The molecule has 0 aliphatic heterocycles. The second-order valence-corrected chi connectivity index (χ2v) is 5.75. The molecule has 1 rings (SSSR count). The summed E-state index contributed by atoms with van der Waals surface area (Å²) in [5.74, 6) is 2.41. The fourth-order valence-corrected chi connectivity index (χ4v) is 2.31. The Balaban J connectivity index is 2.59. The van der Waals surface area contributed by atoms with E-state index in [-0.39, 0.29) is 0 Å². The number of nitrogens with zero attached hydrogens (tertiary/aromatic N) is 1. The van der Waals surface area contributed by atoms with Gasteiger partial charge in [0.1, 0.15) is 12.4 Å². The molecule has 0 fully saturated rings. The molecule has 1 aromatic rings. The summed E-state index contributed by atoms with van der Waals surface area (Å²) in [7, 11) is 1.67. The Morgan fingerprint density at radius 2 is 1.92 bits per heavy atom. The number of methoxy groups -OCH3 is 1. The molecule has 2 N–H and O–H groups in total. The number of benzene rings is 1. The highest BCUT2D eigenvalue weighted by atomic mass is 16.5. The van der Waals surface area contributed by atoms with E-state index in [4.69, 9.17) is 9.47 Å². The molecule has 1 aromatic carbocycles. The zero-order valence-corrected chi connectivity index (χ0v) is 15.6. The van der Waals surface area contributed by atoms with Crippen molar-refractivity contribution >= 4 is 5.96 Å². The smallest absolute Gasteiger partial charge is 0.191 e. The topological polar surface area (TPSA) is 54.9 Å². The van der Waals surface area contributed by atoms with Crippen molar-refractivity contribution in [2.75, 3.05) is 33.4 Å². The summed E-state index contributed by atoms with van der Waals surface area (Å²) in [4.78, 5) is 4.68. The largest absolute Gasteiger partial charge is 0.491 e. The quantitative estimate of drug-likeness (QED) is 0.370. The van der Waals surface area contributed by atoms with Crippen molar-refractivity contribution in [2.24, 2.45) is 10.9 Å². The molecule has 136 valence electrons. The molecule has 5 nitrogen and oxygen atoms in total. The molecule has 0 heterocycles. The van der Waals surface area contributed by atoms with Gasteiger partial charge in [-0.05, 0) is 30.5 Å². The van der Waals surface area contributed by atoms with Crippen molar-refractivity contribution in [2.45, 2.75) is 40.2 Å². The van der Waals surface area contributed by atoms with Crippen LogP contribution in [0.2, 0.25) is 0 Å². The molecular weight excluding hydrogens is 302 g/mol. The van der Waals surface area contributed by atoms with Crippen molar-refractivity contribution in [1.82, 2.24) is 10.6 Å². The Morgan fingerprint density at radius 3 is 2.58 bits per heavy atom. The Bertz CT molecular complexity index is 473. The first kappa shape index (κ1) is 20.3. The zero-order valence-electron chi connectivity index (χ0n) is 15.6.